The fraction of sp³-hybridized carbons (Fsp3) is 0.200. The maximum absolute atomic E-state index is 12.4. The van der Waals surface area contributed by atoms with Crippen molar-refractivity contribution in [3.8, 4) is 5.69 Å². The minimum atomic E-state index is -0.285. The normalized spacial score (nSPS) is 13.6. The number of nitrogens with one attached hydrogen (secondary N) is 3. The molecule has 0 unspecified atom stereocenters. The van der Waals surface area contributed by atoms with Crippen molar-refractivity contribution in [3.05, 3.63) is 53.7 Å². The summed E-state index contributed by atoms with van der Waals surface area (Å²) in [6.45, 7) is 1.61. The van der Waals surface area contributed by atoms with Crippen LogP contribution in [-0.4, -0.2) is 37.4 Å². The van der Waals surface area contributed by atoms with E-state index in [9.17, 15) is 4.79 Å². The molecule has 0 saturated heterocycles. The highest BCUT2D eigenvalue weighted by Crippen LogP contribution is 2.20. The van der Waals surface area contributed by atoms with Crippen LogP contribution in [0.2, 0.25) is 0 Å². The second-order valence-corrected chi connectivity index (χ2v) is 5.27. The second-order valence-electron chi connectivity index (χ2n) is 5.27. The zero-order chi connectivity index (χ0) is 15.6. The van der Waals surface area contributed by atoms with Crippen LogP contribution in [0.3, 0.4) is 0 Å². The van der Waals surface area contributed by atoms with E-state index in [1.807, 2.05) is 12.1 Å². The minimum absolute atomic E-state index is 0.285. The average molecular weight is 309 g/mol. The summed E-state index contributed by atoms with van der Waals surface area (Å²) in [5.74, 6) is 0.278. The van der Waals surface area contributed by atoms with E-state index in [-0.39, 0.29) is 5.91 Å². The maximum Gasteiger partial charge on any atom is 0.277 e. The van der Waals surface area contributed by atoms with Gasteiger partial charge in [-0.25, -0.2) is 4.68 Å². The average Bonchev–Trinajstić information content (AvgIpc) is 3.24. The van der Waals surface area contributed by atoms with Crippen LogP contribution < -0.4 is 10.6 Å². The molecular weight excluding hydrogens is 294 g/mol. The molecule has 3 N–H and O–H groups in total. The molecule has 0 bridgehead atoms. The van der Waals surface area contributed by atoms with Gasteiger partial charge in [0.05, 0.1) is 11.9 Å². The van der Waals surface area contributed by atoms with Crippen molar-refractivity contribution in [2.75, 3.05) is 11.9 Å². The van der Waals surface area contributed by atoms with Gasteiger partial charge in [0, 0.05) is 43.2 Å². The molecule has 4 heterocycles. The third kappa shape index (κ3) is 2.59. The Kier molecular flexibility index (Phi) is 3.35. The first kappa shape index (κ1) is 13.6. The van der Waals surface area contributed by atoms with E-state index in [0.717, 1.165) is 29.9 Å². The van der Waals surface area contributed by atoms with Crippen molar-refractivity contribution in [1.29, 1.82) is 0 Å². The summed E-state index contributed by atoms with van der Waals surface area (Å²) in [5.41, 5.74) is 3.21. The van der Waals surface area contributed by atoms with E-state index >= 15 is 0 Å². The summed E-state index contributed by atoms with van der Waals surface area (Å²) >= 11 is 0. The first-order valence-corrected chi connectivity index (χ1v) is 7.35. The second kappa shape index (κ2) is 5.65. The summed E-state index contributed by atoms with van der Waals surface area (Å²) in [7, 11) is 0. The lowest BCUT2D eigenvalue weighted by Crippen LogP contribution is -2.24. The van der Waals surface area contributed by atoms with Gasteiger partial charge in [-0.2, -0.15) is 10.2 Å². The molecule has 23 heavy (non-hydrogen) atoms. The van der Waals surface area contributed by atoms with Crippen LogP contribution in [0, 0.1) is 0 Å². The Balaban J connectivity index is 1.54. The molecule has 0 fully saturated rings. The topological polar surface area (TPSA) is 101 Å². The lowest BCUT2D eigenvalue weighted by Gasteiger charge is -2.12. The number of amides is 1. The van der Waals surface area contributed by atoms with Gasteiger partial charge in [-0.05, 0) is 18.2 Å². The largest absolute Gasteiger partial charge is 0.312 e. The molecule has 8 heteroatoms. The summed E-state index contributed by atoms with van der Waals surface area (Å²) in [6, 6.07) is 5.36. The first-order valence-electron chi connectivity index (χ1n) is 7.35. The number of hydrogen-bond donors (Lipinski definition) is 3. The van der Waals surface area contributed by atoms with Crippen molar-refractivity contribution in [2.45, 2.75) is 13.0 Å². The highest BCUT2D eigenvalue weighted by atomic mass is 16.2. The highest BCUT2D eigenvalue weighted by Gasteiger charge is 2.19. The molecule has 1 aliphatic heterocycles. The van der Waals surface area contributed by atoms with Crippen LogP contribution in [0.25, 0.3) is 5.69 Å². The molecule has 1 amide bonds. The van der Waals surface area contributed by atoms with Gasteiger partial charge in [-0.15, -0.1) is 0 Å². The van der Waals surface area contributed by atoms with Crippen LogP contribution in [0.1, 0.15) is 21.7 Å². The van der Waals surface area contributed by atoms with Crippen LogP contribution in [-0.2, 0) is 13.0 Å². The SMILES string of the molecule is O=C(Nc1n[nH]c2c1CNCC2)c1ccn(-c2cccnc2)n1. The lowest BCUT2D eigenvalue weighted by atomic mass is 10.1. The van der Waals surface area contributed by atoms with Gasteiger partial charge in [-0.1, -0.05) is 0 Å². The molecule has 1 aliphatic rings. The first-order chi connectivity index (χ1) is 11.3. The molecule has 0 radical (unpaired) electrons. The van der Waals surface area contributed by atoms with E-state index in [1.165, 1.54) is 0 Å². The Morgan fingerprint density at radius 1 is 1.35 bits per heavy atom. The van der Waals surface area contributed by atoms with Gasteiger partial charge in [0.15, 0.2) is 11.5 Å². The number of anilines is 1. The lowest BCUT2D eigenvalue weighted by molar-refractivity contribution is 0.102. The van der Waals surface area contributed by atoms with Crippen LogP contribution in [0.5, 0.6) is 0 Å². The molecule has 0 aliphatic carbocycles. The number of aromatic nitrogens is 5. The number of pyridine rings is 1. The van der Waals surface area contributed by atoms with Gasteiger partial charge in [0.2, 0.25) is 0 Å². The van der Waals surface area contributed by atoms with Gasteiger partial charge >= 0.3 is 0 Å². The molecule has 8 nitrogen and oxygen atoms in total. The number of H-pyrrole nitrogens is 1. The summed E-state index contributed by atoms with van der Waals surface area (Å²) in [6.07, 6.45) is 5.99. The standard InChI is InChI=1S/C15H15N7O/c23-15(18-14-11-9-17-6-3-12(11)19-20-14)13-4-7-22(21-13)10-2-1-5-16-8-10/h1-2,4-5,7-8,17H,3,6,9H2,(H2,18,19,20,23). The highest BCUT2D eigenvalue weighted by molar-refractivity contribution is 6.02. The van der Waals surface area contributed by atoms with Crippen molar-refractivity contribution in [2.24, 2.45) is 0 Å². The zero-order valence-corrected chi connectivity index (χ0v) is 12.3. The molecule has 0 aromatic carbocycles. The van der Waals surface area contributed by atoms with E-state index in [4.69, 9.17) is 0 Å². The van der Waals surface area contributed by atoms with Crippen LogP contribution in [0.4, 0.5) is 5.82 Å². The third-order valence-electron chi connectivity index (χ3n) is 3.77. The fourth-order valence-corrected chi connectivity index (χ4v) is 2.58. The fourth-order valence-electron chi connectivity index (χ4n) is 2.58. The number of rotatable bonds is 3. The predicted octanol–water partition coefficient (Wildman–Crippen LogP) is 0.888. The molecule has 116 valence electrons. The zero-order valence-electron chi connectivity index (χ0n) is 12.3. The van der Waals surface area contributed by atoms with Crippen molar-refractivity contribution in [3.63, 3.8) is 0 Å². The van der Waals surface area contributed by atoms with E-state index in [2.05, 4.69) is 30.9 Å². The smallest absolute Gasteiger partial charge is 0.277 e. The quantitative estimate of drug-likeness (QED) is 0.667. The van der Waals surface area contributed by atoms with Crippen molar-refractivity contribution >= 4 is 11.7 Å². The van der Waals surface area contributed by atoms with Gasteiger partial charge < -0.3 is 10.6 Å². The van der Waals surface area contributed by atoms with Crippen molar-refractivity contribution < 1.29 is 4.79 Å². The molecule has 0 saturated carbocycles. The van der Waals surface area contributed by atoms with Gasteiger partial charge in [0.1, 0.15) is 0 Å². The summed E-state index contributed by atoms with van der Waals surface area (Å²) in [4.78, 5) is 16.4. The predicted molar refractivity (Wildman–Crippen MR) is 83.3 cm³/mol. The van der Waals surface area contributed by atoms with E-state index in [1.54, 1.807) is 29.3 Å². The van der Waals surface area contributed by atoms with Crippen LogP contribution >= 0.6 is 0 Å². The Hall–Kier alpha value is -3.00. The Labute approximate surface area is 131 Å². The van der Waals surface area contributed by atoms with Gasteiger partial charge in [0.25, 0.3) is 5.91 Å². The minimum Gasteiger partial charge on any atom is -0.312 e. The number of hydrogen-bond acceptors (Lipinski definition) is 5. The molecule has 4 rings (SSSR count). The van der Waals surface area contributed by atoms with Crippen molar-refractivity contribution in [1.82, 2.24) is 30.3 Å². The summed E-state index contributed by atoms with van der Waals surface area (Å²) < 4.78 is 1.61. The molecule has 0 atom stereocenters. The molecular formula is C15H15N7O. The number of carbonyl (C=O) groups excluding carboxylic acids is 1. The monoisotopic (exact) mass is 309 g/mol. The van der Waals surface area contributed by atoms with Crippen LogP contribution in [0.15, 0.2) is 36.8 Å². The number of aromatic amines is 1. The molecule has 3 aromatic heterocycles. The van der Waals surface area contributed by atoms with E-state index in [0.29, 0.717) is 18.1 Å². The summed E-state index contributed by atoms with van der Waals surface area (Å²) in [5, 5.41) is 17.5. The molecule has 3 aromatic rings. The number of fused-ring (bicyclic) bond motifs is 1. The number of nitrogens with zero attached hydrogens (tertiary/aromatic N) is 4. The third-order valence-corrected chi connectivity index (χ3v) is 3.77. The molecule has 0 spiro atoms. The Morgan fingerprint density at radius 3 is 3.17 bits per heavy atom. The Bertz CT molecular complexity index is 837. The van der Waals surface area contributed by atoms with E-state index < -0.39 is 0 Å². The van der Waals surface area contributed by atoms with Gasteiger partial charge in [-0.3, -0.25) is 14.9 Å². The Morgan fingerprint density at radius 2 is 2.30 bits per heavy atom. The number of carbonyl (C=O) groups is 1. The maximum atomic E-state index is 12.4.